The Kier molecular flexibility index (Phi) is 19.2. The molecule has 1 saturated heterocycles. The molecule has 0 spiro atoms. The highest BCUT2D eigenvalue weighted by atomic mass is 32.1. The van der Waals surface area contributed by atoms with E-state index >= 15 is 0 Å². The third-order valence-electron chi connectivity index (χ3n) is 8.27. The van der Waals surface area contributed by atoms with Crippen LogP contribution in [0.2, 0.25) is 0 Å². The van der Waals surface area contributed by atoms with Gasteiger partial charge in [-0.05, 0) is 55.6 Å². The van der Waals surface area contributed by atoms with Gasteiger partial charge in [-0.15, -0.1) is 11.3 Å². The number of hydrogen-bond donors (Lipinski definition) is 3. The van der Waals surface area contributed by atoms with Gasteiger partial charge in [-0.2, -0.15) is 0 Å². The third-order valence-corrected chi connectivity index (χ3v) is 9.24. The minimum absolute atomic E-state index is 0.0686. The Morgan fingerprint density at radius 1 is 0.885 bits per heavy atom. The molecule has 15 heteroatoms. The van der Waals surface area contributed by atoms with Gasteiger partial charge in [0.1, 0.15) is 25.3 Å². The summed E-state index contributed by atoms with van der Waals surface area (Å²) in [6.07, 6.45) is 3.48. The van der Waals surface area contributed by atoms with Crippen LogP contribution in [0.25, 0.3) is 10.4 Å². The number of primary amides is 1. The first kappa shape index (κ1) is 42.9. The number of rotatable bonds is 25. The zero-order chi connectivity index (χ0) is 37.8. The fourth-order valence-electron chi connectivity index (χ4n) is 5.53. The number of carbonyl (C=O) groups excluding carboxylic acids is 4. The van der Waals surface area contributed by atoms with Crippen LogP contribution in [0, 0.1) is 12.3 Å². The molecule has 0 radical (unpaired) electrons. The van der Waals surface area contributed by atoms with Gasteiger partial charge in [-0.25, -0.2) is 4.98 Å². The molecule has 1 aliphatic rings. The van der Waals surface area contributed by atoms with E-state index in [0.29, 0.717) is 78.6 Å². The quantitative estimate of drug-likeness (QED) is 0.128. The number of hydrogen-bond acceptors (Lipinski definition) is 11. The number of likely N-dealkylation sites (tertiary alicyclic amines) is 1. The molecule has 290 valence electrons. The molecular weight excluding hydrogens is 690 g/mol. The van der Waals surface area contributed by atoms with Crippen molar-refractivity contribution in [2.45, 2.75) is 78.4 Å². The van der Waals surface area contributed by atoms with Crippen molar-refractivity contribution in [2.75, 3.05) is 72.6 Å². The monoisotopic (exact) mass is 747 g/mol. The van der Waals surface area contributed by atoms with Crippen LogP contribution < -0.4 is 16.4 Å². The van der Waals surface area contributed by atoms with Gasteiger partial charge in [0, 0.05) is 52.7 Å². The number of nitrogens with one attached hydrogen (secondary N) is 2. The largest absolute Gasteiger partial charge is 0.381 e. The minimum atomic E-state index is -0.823. The molecule has 0 saturated carbocycles. The van der Waals surface area contributed by atoms with Crippen molar-refractivity contribution in [3.8, 4) is 10.4 Å². The van der Waals surface area contributed by atoms with Crippen molar-refractivity contribution in [2.24, 2.45) is 11.1 Å². The molecule has 4 amide bonds. The lowest BCUT2D eigenvalue weighted by Gasteiger charge is -2.35. The van der Waals surface area contributed by atoms with Crippen LogP contribution in [-0.2, 0) is 49.4 Å². The number of benzene rings is 1. The van der Waals surface area contributed by atoms with Crippen LogP contribution >= 0.6 is 11.3 Å². The lowest BCUT2D eigenvalue weighted by molar-refractivity contribution is -0.144. The van der Waals surface area contributed by atoms with Gasteiger partial charge in [-0.3, -0.25) is 19.2 Å². The van der Waals surface area contributed by atoms with Crippen molar-refractivity contribution in [1.82, 2.24) is 20.5 Å². The zero-order valence-electron chi connectivity index (χ0n) is 31.1. The summed E-state index contributed by atoms with van der Waals surface area (Å²) in [4.78, 5) is 57.5. The molecular formula is C37H57N5O9S. The number of nitrogens with zero attached hydrogens (tertiary/aromatic N) is 2. The van der Waals surface area contributed by atoms with Crippen molar-refractivity contribution in [3.05, 3.63) is 41.0 Å². The Balaban J connectivity index is 1.27. The summed E-state index contributed by atoms with van der Waals surface area (Å²) < 4.78 is 27.2. The molecule has 1 aromatic heterocycles. The lowest BCUT2D eigenvalue weighted by Crippen LogP contribution is -2.58. The number of carbonyl (C=O) groups is 4. The molecule has 14 nitrogen and oxygen atoms in total. The highest BCUT2D eigenvalue weighted by Gasteiger charge is 2.41. The molecule has 4 N–H and O–H groups in total. The SMILES string of the molecule is Cc1ncsc1-c1ccc(CNC(=O)[C@@H]2CCCN2C(=O)C(NC(=O)COCCOCCCOCCCOCCCOCC(N)=O)C(C)(C)C)cc1. The second-order valence-electron chi connectivity index (χ2n) is 13.7. The van der Waals surface area contributed by atoms with Crippen molar-refractivity contribution in [1.29, 1.82) is 0 Å². The van der Waals surface area contributed by atoms with Gasteiger partial charge in [0.25, 0.3) is 0 Å². The molecule has 0 aliphatic carbocycles. The fourth-order valence-corrected chi connectivity index (χ4v) is 6.34. The standard InChI is InChI=1S/C37H57N5O9S/c1-27-33(52-26-40-27)29-12-10-28(11-13-29)23-39-35(45)30-9-5-14-42(30)36(46)34(37(2,3)4)41-32(44)25-51-22-21-49-19-7-17-47-15-6-16-48-18-8-20-50-24-31(38)43/h10-13,26,30,34H,5-9,14-25H2,1-4H3,(H2,38,43)(H,39,45)(H,41,44)/t30-,34?/m0/s1. The Labute approximate surface area is 311 Å². The van der Waals surface area contributed by atoms with E-state index in [2.05, 4.69) is 15.6 Å². The molecule has 1 aromatic carbocycles. The minimum Gasteiger partial charge on any atom is -0.381 e. The molecule has 1 fully saturated rings. The van der Waals surface area contributed by atoms with Crippen LogP contribution in [-0.4, -0.2) is 118 Å². The van der Waals surface area contributed by atoms with Crippen molar-refractivity contribution in [3.63, 3.8) is 0 Å². The summed E-state index contributed by atoms with van der Waals surface area (Å²) in [6, 6.07) is 6.61. The average molecular weight is 748 g/mol. The molecule has 2 heterocycles. The second kappa shape index (κ2) is 23.2. The van der Waals surface area contributed by atoms with Gasteiger partial charge in [0.2, 0.25) is 23.6 Å². The number of thiazole rings is 1. The van der Waals surface area contributed by atoms with Crippen LogP contribution in [0.15, 0.2) is 29.8 Å². The van der Waals surface area contributed by atoms with E-state index in [9.17, 15) is 19.2 Å². The summed E-state index contributed by atoms with van der Waals surface area (Å²) in [5.41, 5.74) is 9.28. The summed E-state index contributed by atoms with van der Waals surface area (Å²) in [5.74, 6) is -1.36. The van der Waals surface area contributed by atoms with E-state index in [1.165, 1.54) is 0 Å². The maximum atomic E-state index is 13.8. The Bertz CT molecular complexity index is 1380. The normalized spacial score (nSPS) is 15.1. The second-order valence-corrected chi connectivity index (χ2v) is 14.6. The fraction of sp³-hybridized carbons (Fsp3) is 0.649. The number of aromatic nitrogens is 1. The van der Waals surface area contributed by atoms with Crippen molar-refractivity contribution >= 4 is 35.0 Å². The van der Waals surface area contributed by atoms with E-state index in [4.69, 9.17) is 29.4 Å². The molecule has 2 atom stereocenters. The number of aryl methyl sites for hydroxylation is 1. The Hall–Kier alpha value is -3.47. The van der Waals surface area contributed by atoms with E-state index in [1.807, 2.05) is 57.5 Å². The topological polar surface area (TPSA) is 181 Å². The molecule has 1 unspecified atom stereocenters. The van der Waals surface area contributed by atoms with Gasteiger partial charge in [-0.1, -0.05) is 45.0 Å². The van der Waals surface area contributed by atoms with Crippen LogP contribution in [0.5, 0.6) is 0 Å². The first-order valence-corrected chi connectivity index (χ1v) is 18.9. The smallest absolute Gasteiger partial charge is 0.246 e. The molecule has 1 aliphatic heterocycles. The Morgan fingerprint density at radius 2 is 1.46 bits per heavy atom. The maximum absolute atomic E-state index is 13.8. The van der Waals surface area contributed by atoms with E-state index < -0.39 is 29.3 Å². The third kappa shape index (κ3) is 15.6. The lowest BCUT2D eigenvalue weighted by atomic mass is 9.85. The summed E-state index contributed by atoms with van der Waals surface area (Å²) in [6.45, 7) is 12.0. The van der Waals surface area contributed by atoms with Gasteiger partial charge in [0.05, 0.1) is 29.3 Å². The highest BCUT2D eigenvalue weighted by molar-refractivity contribution is 7.13. The van der Waals surface area contributed by atoms with Gasteiger partial charge < -0.3 is 45.0 Å². The number of nitrogens with two attached hydrogens (primary N) is 1. The molecule has 2 aromatic rings. The van der Waals surface area contributed by atoms with Gasteiger partial charge in [0.15, 0.2) is 0 Å². The summed E-state index contributed by atoms with van der Waals surface area (Å²) >= 11 is 1.60. The Morgan fingerprint density at radius 3 is 2.04 bits per heavy atom. The first-order valence-electron chi connectivity index (χ1n) is 18.0. The molecule has 0 bridgehead atoms. The van der Waals surface area contributed by atoms with E-state index in [0.717, 1.165) is 34.5 Å². The predicted molar refractivity (Wildman–Crippen MR) is 197 cm³/mol. The van der Waals surface area contributed by atoms with E-state index in [-0.39, 0.29) is 31.6 Å². The summed E-state index contributed by atoms with van der Waals surface area (Å²) in [7, 11) is 0. The van der Waals surface area contributed by atoms with E-state index in [1.54, 1.807) is 16.2 Å². The first-order chi connectivity index (χ1) is 25.0. The zero-order valence-corrected chi connectivity index (χ0v) is 31.9. The molecule has 52 heavy (non-hydrogen) atoms. The van der Waals surface area contributed by atoms with Crippen LogP contribution in [0.4, 0.5) is 0 Å². The number of amides is 4. The van der Waals surface area contributed by atoms with Gasteiger partial charge >= 0.3 is 0 Å². The molecule has 3 rings (SSSR count). The van der Waals surface area contributed by atoms with Crippen molar-refractivity contribution < 1.29 is 42.9 Å². The van der Waals surface area contributed by atoms with Crippen LogP contribution in [0.1, 0.15) is 64.1 Å². The van der Waals surface area contributed by atoms with Crippen LogP contribution in [0.3, 0.4) is 0 Å². The maximum Gasteiger partial charge on any atom is 0.246 e. The summed E-state index contributed by atoms with van der Waals surface area (Å²) in [5, 5.41) is 5.85. The predicted octanol–water partition coefficient (Wildman–Crippen LogP) is 3.00. The average Bonchev–Trinajstić information content (AvgIpc) is 3.78. The highest BCUT2D eigenvalue weighted by Crippen LogP contribution is 2.28. The number of ether oxygens (including phenoxy) is 5.